The molecule has 0 amide bonds. The molecule has 1 aromatic carbocycles. The lowest BCUT2D eigenvalue weighted by Gasteiger charge is -2.06. The third-order valence-corrected chi connectivity index (χ3v) is 5.13. The Morgan fingerprint density at radius 1 is 1.36 bits per heavy atom. The van der Waals surface area contributed by atoms with Crippen LogP contribution >= 0.6 is 27.7 Å². The van der Waals surface area contributed by atoms with Gasteiger partial charge in [-0.2, -0.15) is 0 Å². The van der Waals surface area contributed by atoms with E-state index in [2.05, 4.69) is 30.7 Å². The van der Waals surface area contributed by atoms with Gasteiger partial charge in [0.15, 0.2) is 5.16 Å². The summed E-state index contributed by atoms with van der Waals surface area (Å²) in [6.07, 6.45) is 4.17. The van der Waals surface area contributed by atoms with Crippen molar-refractivity contribution in [1.82, 2.24) is 14.8 Å². The first-order valence-electron chi connectivity index (χ1n) is 6.95. The summed E-state index contributed by atoms with van der Waals surface area (Å²) in [5.74, 6) is 0.662. The van der Waals surface area contributed by atoms with Crippen LogP contribution in [0.1, 0.15) is 24.4 Å². The average Bonchev–Trinajstić information content (AvgIpc) is 3.23. The molecule has 0 aliphatic heterocycles. The van der Waals surface area contributed by atoms with Gasteiger partial charge in [0.25, 0.3) is 0 Å². The van der Waals surface area contributed by atoms with E-state index >= 15 is 0 Å². The maximum absolute atomic E-state index is 11.7. The highest BCUT2D eigenvalue weighted by atomic mass is 79.9. The van der Waals surface area contributed by atoms with E-state index in [1.807, 2.05) is 18.2 Å². The van der Waals surface area contributed by atoms with E-state index in [9.17, 15) is 4.79 Å². The number of hydrogen-bond acceptors (Lipinski definition) is 5. The predicted octanol–water partition coefficient (Wildman–Crippen LogP) is 3.77. The summed E-state index contributed by atoms with van der Waals surface area (Å²) in [6.45, 7) is 0. The van der Waals surface area contributed by atoms with E-state index in [4.69, 9.17) is 4.42 Å². The quantitative estimate of drug-likeness (QED) is 0.511. The Kier molecular flexibility index (Phi) is 3.54. The van der Waals surface area contributed by atoms with Gasteiger partial charge < -0.3 is 8.98 Å². The molecule has 4 rings (SSSR count). The third-order valence-electron chi connectivity index (χ3n) is 3.63. The Bertz CT molecular complexity index is 901. The Morgan fingerprint density at radius 3 is 3.05 bits per heavy atom. The van der Waals surface area contributed by atoms with Crippen molar-refractivity contribution in [2.75, 3.05) is 0 Å². The van der Waals surface area contributed by atoms with Crippen LogP contribution in [0.25, 0.3) is 11.0 Å². The van der Waals surface area contributed by atoms with Crippen molar-refractivity contribution in [1.29, 1.82) is 0 Å². The number of aromatic nitrogens is 3. The van der Waals surface area contributed by atoms with E-state index in [-0.39, 0.29) is 5.63 Å². The molecule has 5 nitrogen and oxygen atoms in total. The second-order valence-electron chi connectivity index (χ2n) is 5.27. The molecule has 1 aliphatic rings. The predicted molar refractivity (Wildman–Crippen MR) is 88.0 cm³/mol. The van der Waals surface area contributed by atoms with Gasteiger partial charge in [-0.05, 0) is 36.6 Å². The average molecular weight is 378 g/mol. The van der Waals surface area contributed by atoms with Gasteiger partial charge in [0, 0.05) is 27.7 Å². The zero-order chi connectivity index (χ0) is 15.1. The minimum atomic E-state index is -0.329. The molecule has 7 heteroatoms. The van der Waals surface area contributed by atoms with Crippen LogP contribution in [0.2, 0.25) is 0 Å². The van der Waals surface area contributed by atoms with Crippen molar-refractivity contribution in [2.24, 2.45) is 0 Å². The molecule has 0 radical (unpaired) electrons. The van der Waals surface area contributed by atoms with Crippen LogP contribution in [-0.4, -0.2) is 14.8 Å². The highest BCUT2D eigenvalue weighted by Crippen LogP contribution is 2.38. The minimum absolute atomic E-state index is 0.329. The maximum Gasteiger partial charge on any atom is 0.336 e. The topological polar surface area (TPSA) is 60.9 Å². The molecule has 1 fully saturated rings. The van der Waals surface area contributed by atoms with Crippen LogP contribution in [0.5, 0.6) is 0 Å². The summed E-state index contributed by atoms with van der Waals surface area (Å²) in [4.78, 5) is 11.7. The van der Waals surface area contributed by atoms with Gasteiger partial charge in [0.1, 0.15) is 11.9 Å². The molecule has 112 valence electrons. The van der Waals surface area contributed by atoms with E-state index < -0.39 is 0 Å². The fourth-order valence-corrected chi connectivity index (χ4v) is 3.72. The van der Waals surface area contributed by atoms with Gasteiger partial charge in [-0.3, -0.25) is 0 Å². The zero-order valence-electron chi connectivity index (χ0n) is 11.5. The first-order chi connectivity index (χ1) is 10.7. The lowest BCUT2D eigenvalue weighted by molar-refractivity contribution is 0.559. The molecule has 0 unspecified atom stereocenters. The van der Waals surface area contributed by atoms with Gasteiger partial charge >= 0.3 is 5.63 Å². The largest absolute Gasteiger partial charge is 0.423 e. The summed E-state index contributed by atoms with van der Waals surface area (Å²) >= 11 is 5.00. The normalized spacial score (nSPS) is 14.6. The molecular weight excluding hydrogens is 366 g/mol. The van der Waals surface area contributed by atoms with Gasteiger partial charge in [-0.25, -0.2) is 4.79 Å². The fraction of sp³-hybridized carbons (Fsp3) is 0.267. The van der Waals surface area contributed by atoms with Crippen molar-refractivity contribution in [3.8, 4) is 0 Å². The molecule has 2 heterocycles. The molecule has 0 spiro atoms. The molecule has 0 N–H and O–H groups in total. The zero-order valence-corrected chi connectivity index (χ0v) is 13.9. The van der Waals surface area contributed by atoms with Crippen LogP contribution in [0, 0.1) is 0 Å². The molecule has 3 aromatic rings. The summed E-state index contributed by atoms with van der Waals surface area (Å²) in [6, 6.07) is 7.83. The van der Waals surface area contributed by atoms with Crippen molar-refractivity contribution in [3.05, 3.63) is 51.0 Å². The second kappa shape index (κ2) is 5.55. The van der Waals surface area contributed by atoms with Crippen LogP contribution in [0.3, 0.4) is 0 Å². The molecule has 1 aliphatic carbocycles. The van der Waals surface area contributed by atoms with Gasteiger partial charge in [-0.15, -0.1) is 10.2 Å². The summed E-state index contributed by atoms with van der Waals surface area (Å²) in [5, 5.41) is 10.0. The van der Waals surface area contributed by atoms with Crippen molar-refractivity contribution < 1.29 is 4.42 Å². The van der Waals surface area contributed by atoms with Gasteiger partial charge in [0.05, 0.1) is 0 Å². The number of rotatable bonds is 4. The summed E-state index contributed by atoms with van der Waals surface area (Å²) in [7, 11) is 0. The number of benzene rings is 1. The van der Waals surface area contributed by atoms with Crippen LogP contribution in [-0.2, 0) is 5.75 Å². The number of thioether (sulfide) groups is 1. The first-order valence-corrected chi connectivity index (χ1v) is 8.73. The van der Waals surface area contributed by atoms with Crippen molar-refractivity contribution in [2.45, 2.75) is 29.8 Å². The van der Waals surface area contributed by atoms with Crippen LogP contribution < -0.4 is 5.63 Å². The molecule has 22 heavy (non-hydrogen) atoms. The number of halogens is 1. The standard InChI is InChI=1S/C15H12BrN3O2S/c16-10-1-4-12-9(5-14(20)21-13(12)6-10)7-22-15-18-17-8-19(15)11-2-3-11/h1,4-6,8,11H,2-3,7H2. The molecule has 0 bridgehead atoms. The Labute approximate surface area is 138 Å². The SMILES string of the molecule is O=c1cc(CSc2nncn2C2CC2)c2ccc(Br)cc2o1. The molecular formula is C15H12BrN3O2S. The van der Waals surface area contributed by atoms with Crippen molar-refractivity contribution >= 4 is 38.7 Å². The Balaban J connectivity index is 1.66. The molecule has 1 saturated carbocycles. The number of nitrogens with zero attached hydrogens (tertiary/aromatic N) is 3. The highest BCUT2D eigenvalue weighted by Gasteiger charge is 2.26. The molecule has 2 aromatic heterocycles. The number of fused-ring (bicyclic) bond motifs is 1. The van der Waals surface area contributed by atoms with E-state index in [0.717, 1.165) is 20.6 Å². The smallest absolute Gasteiger partial charge is 0.336 e. The van der Waals surface area contributed by atoms with E-state index in [1.54, 1.807) is 24.2 Å². The second-order valence-corrected chi connectivity index (χ2v) is 7.13. The molecule has 0 saturated heterocycles. The lowest BCUT2D eigenvalue weighted by Crippen LogP contribution is -2.00. The highest BCUT2D eigenvalue weighted by molar-refractivity contribution is 9.10. The number of hydrogen-bond donors (Lipinski definition) is 0. The van der Waals surface area contributed by atoms with E-state index in [0.29, 0.717) is 17.4 Å². The van der Waals surface area contributed by atoms with Gasteiger partial charge in [-0.1, -0.05) is 27.7 Å². The Hall–Kier alpha value is -1.60. The monoisotopic (exact) mass is 377 g/mol. The lowest BCUT2D eigenvalue weighted by atomic mass is 10.1. The fourth-order valence-electron chi connectivity index (χ4n) is 2.40. The summed E-state index contributed by atoms with van der Waals surface area (Å²) in [5.41, 5.74) is 1.22. The molecule has 0 atom stereocenters. The van der Waals surface area contributed by atoms with Crippen LogP contribution in [0.4, 0.5) is 0 Å². The third kappa shape index (κ3) is 2.70. The first kappa shape index (κ1) is 14.0. The van der Waals surface area contributed by atoms with E-state index in [1.165, 1.54) is 12.8 Å². The minimum Gasteiger partial charge on any atom is -0.423 e. The Morgan fingerprint density at radius 2 is 2.23 bits per heavy atom. The summed E-state index contributed by atoms with van der Waals surface area (Å²) < 4.78 is 8.27. The van der Waals surface area contributed by atoms with Crippen LogP contribution in [0.15, 0.2) is 49.4 Å². The van der Waals surface area contributed by atoms with Gasteiger partial charge in [0.2, 0.25) is 0 Å². The maximum atomic E-state index is 11.7. The van der Waals surface area contributed by atoms with Crippen molar-refractivity contribution in [3.63, 3.8) is 0 Å².